The Morgan fingerprint density at radius 3 is 2.54 bits per heavy atom. The largest absolute Gasteiger partial charge is 0.493 e. The second-order valence-corrected chi connectivity index (χ2v) is 12.9. The molecule has 2 aliphatic rings. The van der Waals surface area contributed by atoms with Gasteiger partial charge in [-0.25, -0.2) is 12.8 Å². The minimum Gasteiger partial charge on any atom is -0.493 e. The fraction of sp³-hybridized carbons (Fsp3) is 0.519. The molecule has 4 rings (SSSR count). The summed E-state index contributed by atoms with van der Waals surface area (Å²) in [6.07, 6.45) is -3.80. The smallest absolute Gasteiger partial charge is 0.419 e. The number of fused-ring (bicyclic) bond motifs is 1. The highest BCUT2D eigenvalue weighted by molar-refractivity contribution is 7.89. The first-order chi connectivity index (χ1) is 18.1. The van der Waals surface area contributed by atoms with Gasteiger partial charge in [-0.1, -0.05) is 12.1 Å². The average molecular weight is 572 g/mol. The number of benzene rings is 2. The molecule has 0 aromatic heterocycles. The lowest BCUT2D eigenvalue weighted by atomic mass is 9.98. The Bertz CT molecular complexity index is 1330. The van der Waals surface area contributed by atoms with Gasteiger partial charge in [-0.15, -0.1) is 0 Å². The number of amides is 1. The van der Waals surface area contributed by atoms with Crippen molar-refractivity contribution in [2.45, 2.75) is 81.7 Å². The van der Waals surface area contributed by atoms with Crippen molar-refractivity contribution in [2.24, 2.45) is 0 Å². The summed E-state index contributed by atoms with van der Waals surface area (Å²) in [6.45, 7) is 7.34. The van der Waals surface area contributed by atoms with E-state index >= 15 is 0 Å². The Hall–Kier alpha value is -2.70. The van der Waals surface area contributed by atoms with E-state index in [1.54, 1.807) is 0 Å². The van der Waals surface area contributed by atoms with Gasteiger partial charge < -0.3 is 15.4 Å². The summed E-state index contributed by atoms with van der Waals surface area (Å²) in [4.78, 5) is 12.4. The third-order valence-electron chi connectivity index (χ3n) is 6.87. The molecule has 0 spiro atoms. The lowest BCUT2D eigenvalue weighted by molar-refractivity contribution is -0.140. The highest BCUT2D eigenvalue weighted by Crippen LogP contribution is 2.36. The topological polar surface area (TPSA) is 87.7 Å². The summed E-state index contributed by atoms with van der Waals surface area (Å²) in [6, 6.07) is 6.41. The third-order valence-corrected chi connectivity index (χ3v) is 8.82. The van der Waals surface area contributed by atoms with E-state index in [0.717, 1.165) is 21.5 Å². The van der Waals surface area contributed by atoms with Gasteiger partial charge in [-0.2, -0.15) is 17.5 Å². The van der Waals surface area contributed by atoms with E-state index in [4.69, 9.17) is 4.74 Å². The molecule has 39 heavy (non-hydrogen) atoms. The van der Waals surface area contributed by atoms with Crippen LogP contribution in [0.25, 0.3) is 0 Å². The molecule has 1 saturated heterocycles. The number of halogens is 4. The Morgan fingerprint density at radius 2 is 1.85 bits per heavy atom. The molecule has 0 radical (unpaired) electrons. The molecule has 2 unspecified atom stereocenters. The molecule has 1 fully saturated rings. The maximum atomic E-state index is 13.7. The van der Waals surface area contributed by atoms with E-state index in [0.29, 0.717) is 50.3 Å². The number of alkyl halides is 3. The van der Waals surface area contributed by atoms with Gasteiger partial charge in [0.1, 0.15) is 11.6 Å². The van der Waals surface area contributed by atoms with Crippen LogP contribution in [0.15, 0.2) is 41.3 Å². The van der Waals surface area contributed by atoms with Crippen molar-refractivity contribution in [1.82, 2.24) is 14.9 Å². The van der Waals surface area contributed by atoms with Crippen LogP contribution in [0.5, 0.6) is 5.75 Å². The van der Waals surface area contributed by atoms with Gasteiger partial charge >= 0.3 is 6.18 Å². The number of rotatable bonds is 7. The van der Waals surface area contributed by atoms with Gasteiger partial charge in [0.25, 0.3) is 0 Å². The molecule has 0 bridgehead atoms. The van der Waals surface area contributed by atoms with Crippen molar-refractivity contribution in [2.75, 3.05) is 13.2 Å². The summed E-state index contributed by atoms with van der Waals surface area (Å²) >= 11 is 0. The van der Waals surface area contributed by atoms with Crippen LogP contribution in [-0.2, 0) is 27.5 Å². The molecule has 2 atom stereocenters. The van der Waals surface area contributed by atoms with Gasteiger partial charge in [0.2, 0.25) is 15.9 Å². The predicted octanol–water partition coefficient (Wildman–Crippen LogP) is 4.92. The monoisotopic (exact) mass is 571 g/mol. The molecular formula is C27H33F4N3O4S. The SMILES string of the molecule is CC(C)(C)NCc1ccc2c(c1)OCCC2NC(=O)CC1CCCN1S(=O)(=O)c1ccc(F)c(C(F)(F)F)c1. The summed E-state index contributed by atoms with van der Waals surface area (Å²) in [5, 5.41) is 6.39. The summed E-state index contributed by atoms with van der Waals surface area (Å²) in [5.41, 5.74) is 0.173. The molecule has 2 heterocycles. The van der Waals surface area contributed by atoms with Crippen LogP contribution in [-0.4, -0.2) is 43.4 Å². The zero-order valence-electron chi connectivity index (χ0n) is 22.1. The Kier molecular flexibility index (Phi) is 8.30. The van der Waals surface area contributed by atoms with Crippen LogP contribution < -0.4 is 15.4 Å². The van der Waals surface area contributed by atoms with Crippen LogP contribution in [0.1, 0.15) is 69.2 Å². The number of sulfonamides is 1. The van der Waals surface area contributed by atoms with Crippen molar-refractivity contribution >= 4 is 15.9 Å². The van der Waals surface area contributed by atoms with Gasteiger partial charge in [0, 0.05) is 43.1 Å². The molecule has 214 valence electrons. The summed E-state index contributed by atoms with van der Waals surface area (Å²) in [5.74, 6) is -1.23. The summed E-state index contributed by atoms with van der Waals surface area (Å²) < 4.78 is 86.5. The maximum Gasteiger partial charge on any atom is 0.419 e. The quantitative estimate of drug-likeness (QED) is 0.461. The molecule has 7 nitrogen and oxygen atoms in total. The number of carbonyl (C=O) groups excluding carboxylic acids is 1. The zero-order chi connectivity index (χ0) is 28.6. The number of hydrogen-bond acceptors (Lipinski definition) is 5. The van der Waals surface area contributed by atoms with E-state index < -0.39 is 38.5 Å². The number of carbonyl (C=O) groups is 1. The Balaban J connectivity index is 1.45. The summed E-state index contributed by atoms with van der Waals surface area (Å²) in [7, 11) is -4.37. The van der Waals surface area contributed by atoms with Crippen molar-refractivity contribution in [3.8, 4) is 5.75 Å². The highest BCUT2D eigenvalue weighted by Gasteiger charge is 2.40. The van der Waals surface area contributed by atoms with Crippen LogP contribution in [0.3, 0.4) is 0 Å². The molecule has 2 aliphatic heterocycles. The fourth-order valence-corrected chi connectivity index (χ4v) is 6.59. The Labute approximate surface area is 226 Å². The van der Waals surface area contributed by atoms with Crippen molar-refractivity contribution < 1.29 is 35.5 Å². The average Bonchev–Trinajstić information content (AvgIpc) is 3.30. The van der Waals surface area contributed by atoms with E-state index in [2.05, 4.69) is 31.4 Å². The number of hydrogen-bond donors (Lipinski definition) is 2. The van der Waals surface area contributed by atoms with Crippen molar-refractivity contribution in [1.29, 1.82) is 0 Å². The van der Waals surface area contributed by atoms with E-state index in [9.17, 15) is 30.8 Å². The highest BCUT2D eigenvalue weighted by atomic mass is 32.2. The molecule has 0 aliphatic carbocycles. The van der Waals surface area contributed by atoms with Crippen LogP contribution in [0.2, 0.25) is 0 Å². The predicted molar refractivity (Wildman–Crippen MR) is 137 cm³/mol. The molecule has 1 amide bonds. The molecule has 0 saturated carbocycles. The molecule has 2 N–H and O–H groups in total. The number of nitrogens with one attached hydrogen (secondary N) is 2. The van der Waals surface area contributed by atoms with E-state index in [1.807, 2.05) is 18.2 Å². The molecule has 2 aromatic carbocycles. The van der Waals surface area contributed by atoms with Gasteiger partial charge in [0.15, 0.2) is 0 Å². The molecular weight excluding hydrogens is 538 g/mol. The first-order valence-corrected chi connectivity index (χ1v) is 14.3. The third kappa shape index (κ3) is 6.90. The zero-order valence-corrected chi connectivity index (χ0v) is 22.9. The first kappa shape index (κ1) is 29.3. The lowest BCUT2D eigenvalue weighted by Crippen LogP contribution is -2.40. The van der Waals surface area contributed by atoms with Crippen molar-refractivity contribution in [3.05, 3.63) is 58.9 Å². The standard InChI is InChI=1S/C27H33F4N3O4S/c1-26(2,3)32-16-17-6-8-20-23(10-12-38-24(20)13-17)33-25(35)14-18-5-4-11-34(18)39(36,37)19-7-9-22(28)21(15-19)27(29,30)31/h6-9,13,15,18,23,32H,4-5,10-12,14,16H2,1-3H3,(H,33,35). The van der Waals surface area contributed by atoms with Crippen LogP contribution in [0.4, 0.5) is 17.6 Å². The minimum absolute atomic E-state index is 0.0494. The normalized spacial score (nSPS) is 20.4. The van der Waals surface area contributed by atoms with Gasteiger partial charge in [-0.3, -0.25) is 4.79 Å². The molecule has 12 heteroatoms. The maximum absolute atomic E-state index is 13.7. The van der Waals surface area contributed by atoms with E-state index in [1.165, 1.54) is 0 Å². The second kappa shape index (κ2) is 11.1. The van der Waals surface area contributed by atoms with Crippen LogP contribution in [0, 0.1) is 5.82 Å². The fourth-order valence-electron chi connectivity index (χ4n) is 4.88. The van der Waals surface area contributed by atoms with Crippen molar-refractivity contribution in [3.63, 3.8) is 0 Å². The lowest BCUT2D eigenvalue weighted by Gasteiger charge is -2.29. The Morgan fingerprint density at radius 1 is 1.10 bits per heavy atom. The second-order valence-electron chi connectivity index (χ2n) is 11.0. The minimum atomic E-state index is -5.04. The van der Waals surface area contributed by atoms with Crippen LogP contribution >= 0.6 is 0 Å². The first-order valence-electron chi connectivity index (χ1n) is 12.8. The van der Waals surface area contributed by atoms with Gasteiger partial charge in [0.05, 0.1) is 23.1 Å². The van der Waals surface area contributed by atoms with Gasteiger partial charge in [-0.05, 0) is 63.4 Å². The number of ether oxygens (including phenoxy) is 1. The van der Waals surface area contributed by atoms with E-state index in [-0.39, 0.29) is 30.5 Å². The number of nitrogens with zero attached hydrogens (tertiary/aromatic N) is 1. The molecule has 2 aromatic rings.